The first-order valence-electron chi connectivity index (χ1n) is 13.5. The number of anilines is 1. The molecular weight excluding hydrogens is 512 g/mol. The van der Waals surface area contributed by atoms with E-state index in [-0.39, 0.29) is 11.8 Å². The van der Waals surface area contributed by atoms with Crippen LogP contribution in [-0.4, -0.2) is 86.7 Å². The molecule has 2 amide bonds. The highest BCUT2D eigenvalue weighted by Crippen LogP contribution is 2.25. The quantitative estimate of drug-likeness (QED) is 0.138. The molecule has 0 saturated carbocycles. The molecule has 12 nitrogen and oxygen atoms in total. The van der Waals surface area contributed by atoms with Crippen LogP contribution in [0.4, 0.5) is 5.69 Å². The maximum absolute atomic E-state index is 12.2. The highest BCUT2D eigenvalue weighted by Gasteiger charge is 2.44. The van der Waals surface area contributed by atoms with Gasteiger partial charge in [-0.15, -0.1) is 0 Å². The zero-order valence-electron chi connectivity index (χ0n) is 22.3. The smallest absolute Gasteiger partial charge is 0.325 e. The van der Waals surface area contributed by atoms with E-state index in [2.05, 4.69) is 10.6 Å². The van der Waals surface area contributed by atoms with E-state index in [1.54, 1.807) is 24.3 Å². The average molecular weight is 555 g/mol. The maximum Gasteiger partial charge on any atom is 0.325 e. The second-order valence-electron chi connectivity index (χ2n) is 9.84. The summed E-state index contributed by atoms with van der Waals surface area (Å²) in [7, 11) is 0. The Bertz CT molecular complexity index is 895. The van der Waals surface area contributed by atoms with Gasteiger partial charge in [0.05, 0.1) is 6.61 Å². The van der Waals surface area contributed by atoms with Crippen LogP contribution in [0.5, 0.6) is 5.75 Å². The molecule has 7 N–H and O–H groups in total. The van der Waals surface area contributed by atoms with Crippen LogP contribution in [-0.2, 0) is 19.1 Å². The number of benzene rings is 1. The SMILES string of the molecule is C[C@@H](NC(=O)CCCCCCCCCCC(=O)Nc1ccc(O[C@@H]2O[C@H](CO)[C@@H](O)[C@H](O)[C@H]2O)cc1)C(=O)O. The van der Waals surface area contributed by atoms with E-state index in [0.717, 1.165) is 51.4 Å². The minimum atomic E-state index is -1.53. The third-order valence-corrected chi connectivity index (χ3v) is 6.54. The van der Waals surface area contributed by atoms with Crippen molar-refractivity contribution in [2.24, 2.45) is 0 Å². The molecule has 0 unspecified atom stereocenters. The fraction of sp³-hybridized carbons (Fsp3) is 0.667. The Morgan fingerprint density at radius 2 is 1.38 bits per heavy atom. The summed E-state index contributed by atoms with van der Waals surface area (Å²) >= 11 is 0. The van der Waals surface area contributed by atoms with Crippen LogP contribution in [0.25, 0.3) is 0 Å². The number of hydrogen-bond donors (Lipinski definition) is 7. The van der Waals surface area contributed by atoms with E-state index in [0.29, 0.717) is 24.3 Å². The van der Waals surface area contributed by atoms with Gasteiger partial charge in [0.2, 0.25) is 18.1 Å². The number of unbranched alkanes of at least 4 members (excludes halogenated alkanes) is 7. The molecule has 1 aromatic carbocycles. The summed E-state index contributed by atoms with van der Waals surface area (Å²) in [5, 5.41) is 53.1. The molecule has 1 aliphatic heterocycles. The van der Waals surface area contributed by atoms with Crippen LogP contribution in [0, 0.1) is 0 Å². The largest absolute Gasteiger partial charge is 0.480 e. The van der Waals surface area contributed by atoms with Gasteiger partial charge in [-0.05, 0) is 44.0 Å². The van der Waals surface area contributed by atoms with Gasteiger partial charge in [0.25, 0.3) is 0 Å². The predicted octanol–water partition coefficient (Wildman–Crippen LogP) is 1.29. The lowest BCUT2D eigenvalue weighted by molar-refractivity contribution is -0.277. The fourth-order valence-corrected chi connectivity index (χ4v) is 4.15. The van der Waals surface area contributed by atoms with Gasteiger partial charge < -0.3 is 45.6 Å². The fourth-order valence-electron chi connectivity index (χ4n) is 4.15. The summed E-state index contributed by atoms with van der Waals surface area (Å²) in [6, 6.07) is 5.54. The summed E-state index contributed by atoms with van der Waals surface area (Å²) < 4.78 is 10.9. The average Bonchev–Trinajstić information content (AvgIpc) is 2.90. The number of ether oxygens (including phenoxy) is 2. The van der Waals surface area contributed by atoms with Crippen molar-refractivity contribution in [1.29, 1.82) is 0 Å². The molecular formula is C27H42N2O10. The Morgan fingerprint density at radius 1 is 0.846 bits per heavy atom. The number of hydrogen-bond acceptors (Lipinski definition) is 9. The molecule has 0 bridgehead atoms. The standard InChI is InChI=1S/C27H42N2O10/c1-17(26(36)37)28-21(31)10-8-6-4-2-3-5-7-9-11-22(32)29-18-12-14-19(15-13-18)38-27-25(35)24(34)23(33)20(16-30)39-27/h12-15,17,20,23-25,27,30,33-35H,2-11,16H2,1H3,(H,28,31)(H,29,32)(H,36,37)/t17-,20-,23-,24+,25-,27-/m1/s1. The normalized spacial score (nSPS) is 23.6. The van der Waals surface area contributed by atoms with Crippen molar-refractivity contribution in [2.45, 2.75) is 108 Å². The number of carbonyl (C=O) groups excluding carboxylic acids is 2. The van der Waals surface area contributed by atoms with E-state index in [1.807, 2.05) is 0 Å². The number of rotatable bonds is 17. The zero-order valence-corrected chi connectivity index (χ0v) is 22.3. The molecule has 1 heterocycles. The summed E-state index contributed by atoms with van der Waals surface area (Å²) in [6.07, 6.45) is 1.41. The van der Waals surface area contributed by atoms with Crippen molar-refractivity contribution < 1.29 is 49.4 Å². The number of aliphatic carboxylic acids is 1. The van der Waals surface area contributed by atoms with Gasteiger partial charge in [0.1, 0.15) is 36.2 Å². The monoisotopic (exact) mass is 554 g/mol. The van der Waals surface area contributed by atoms with Crippen LogP contribution in [0.3, 0.4) is 0 Å². The molecule has 1 saturated heterocycles. The van der Waals surface area contributed by atoms with Crippen LogP contribution in [0.15, 0.2) is 24.3 Å². The van der Waals surface area contributed by atoms with Crippen LogP contribution >= 0.6 is 0 Å². The molecule has 0 spiro atoms. The van der Waals surface area contributed by atoms with Crippen molar-refractivity contribution >= 4 is 23.5 Å². The number of carboxylic acids is 1. The molecule has 6 atom stereocenters. The Kier molecular flexibility index (Phi) is 14.2. The number of aliphatic hydroxyl groups excluding tert-OH is 4. The highest BCUT2D eigenvalue weighted by molar-refractivity contribution is 5.90. The first-order valence-corrected chi connectivity index (χ1v) is 13.5. The van der Waals surface area contributed by atoms with Crippen LogP contribution < -0.4 is 15.4 Å². The lowest BCUT2D eigenvalue weighted by Gasteiger charge is -2.39. The van der Waals surface area contributed by atoms with E-state index in [4.69, 9.17) is 14.6 Å². The van der Waals surface area contributed by atoms with Gasteiger partial charge >= 0.3 is 5.97 Å². The molecule has 0 radical (unpaired) electrons. The van der Waals surface area contributed by atoms with E-state index in [1.165, 1.54) is 6.92 Å². The number of carboxylic acid groups (broad SMARTS) is 1. The Labute approximate surface area is 228 Å². The highest BCUT2D eigenvalue weighted by atomic mass is 16.7. The Morgan fingerprint density at radius 3 is 1.92 bits per heavy atom. The van der Waals surface area contributed by atoms with Gasteiger partial charge in [0, 0.05) is 18.5 Å². The number of amides is 2. The van der Waals surface area contributed by atoms with Crippen LogP contribution in [0.2, 0.25) is 0 Å². The molecule has 0 aliphatic carbocycles. The topological polar surface area (TPSA) is 195 Å². The molecule has 220 valence electrons. The number of aliphatic hydroxyl groups is 4. The van der Waals surface area contributed by atoms with Crippen LogP contribution in [0.1, 0.15) is 71.1 Å². The third-order valence-electron chi connectivity index (χ3n) is 6.54. The molecule has 0 aromatic heterocycles. The number of nitrogens with one attached hydrogen (secondary N) is 2. The van der Waals surface area contributed by atoms with Gasteiger partial charge in [-0.3, -0.25) is 14.4 Å². The van der Waals surface area contributed by atoms with Crippen molar-refractivity contribution in [3.63, 3.8) is 0 Å². The van der Waals surface area contributed by atoms with Crippen molar-refractivity contribution in [3.8, 4) is 5.75 Å². The molecule has 2 rings (SSSR count). The van der Waals surface area contributed by atoms with E-state index >= 15 is 0 Å². The summed E-state index contributed by atoms with van der Waals surface area (Å²) in [4.78, 5) is 34.6. The van der Waals surface area contributed by atoms with Crippen molar-refractivity contribution in [2.75, 3.05) is 11.9 Å². The van der Waals surface area contributed by atoms with E-state index < -0.39 is 49.3 Å². The zero-order chi connectivity index (χ0) is 28.8. The first kappa shape index (κ1) is 32.4. The third kappa shape index (κ3) is 11.5. The second-order valence-corrected chi connectivity index (χ2v) is 9.84. The maximum atomic E-state index is 12.2. The van der Waals surface area contributed by atoms with Gasteiger partial charge in [0.15, 0.2) is 0 Å². The summed E-state index contributed by atoms with van der Waals surface area (Å²) in [5.41, 5.74) is 0.576. The summed E-state index contributed by atoms with van der Waals surface area (Å²) in [6.45, 7) is 0.894. The Hall–Kier alpha value is -2.77. The molecule has 1 aliphatic rings. The predicted molar refractivity (Wildman–Crippen MR) is 141 cm³/mol. The second kappa shape index (κ2) is 17.0. The van der Waals surface area contributed by atoms with Crippen molar-refractivity contribution in [1.82, 2.24) is 5.32 Å². The molecule has 39 heavy (non-hydrogen) atoms. The van der Waals surface area contributed by atoms with Crippen molar-refractivity contribution in [3.05, 3.63) is 24.3 Å². The Balaban J connectivity index is 1.54. The van der Waals surface area contributed by atoms with Gasteiger partial charge in [-0.25, -0.2) is 0 Å². The summed E-state index contributed by atoms with van der Waals surface area (Å²) in [5.74, 6) is -1.07. The lowest BCUT2D eigenvalue weighted by Crippen LogP contribution is -2.60. The van der Waals surface area contributed by atoms with Gasteiger partial charge in [-0.2, -0.15) is 0 Å². The first-order chi connectivity index (χ1) is 18.6. The molecule has 1 fully saturated rings. The van der Waals surface area contributed by atoms with E-state index in [9.17, 15) is 34.8 Å². The number of carbonyl (C=O) groups is 3. The lowest BCUT2D eigenvalue weighted by atomic mass is 9.99. The molecule has 1 aromatic rings. The molecule has 12 heteroatoms. The van der Waals surface area contributed by atoms with Gasteiger partial charge in [-0.1, -0.05) is 38.5 Å². The minimum Gasteiger partial charge on any atom is -0.480 e. The minimum absolute atomic E-state index is 0.104.